The van der Waals surface area contributed by atoms with Crippen molar-refractivity contribution in [1.29, 1.82) is 0 Å². The molecule has 0 aromatic heterocycles. The highest BCUT2D eigenvalue weighted by molar-refractivity contribution is 5.75. The lowest BCUT2D eigenvalue weighted by atomic mass is 10.1. The van der Waals surface area contributed by atoms with Crippen LogP contribution in [0.2, 0.25) is 0 Å². The number of hydrogen-bond donors (Lipinski definition) is 0. The molecule has 1 aromatic rings. The average Bonchev–Trinajstić information content (AvgIpc) is 3.13. The highest BCUT2D eigenvalue weighted by Crippen LogP contribution is 2.32. The molecule has 0 spiro atoms. The number of benzene rings is 1. The first-order chi connectivity index (χ1) is 7.70. The van der Waals surface area contributed by atoms with Gasteiger partial charge in [-0.1, -0.05) is 12.1 Å². The molecule has 0 unspecified atom stereocenters. The molecular formula is C13H16O3. The van der Waals surface area contributed by atoms with E-state index in [2.05, 4.69) is 0 Å². The monoisotopic (exact) mass is 220 g/mol. The molecule has 86 valence electrons. The van der Waals surface area contributed by atoms with Crippen molar-refractivity contribution in [3.63, 3.8) is 0 Å². The predicted octanol–water partition coefficient (Wildman–Crippen LogP) is 2.71. The van der Waals surface area contributed by atoms with Gasteiger partial charge in [0.25, 0.3) is 0 Å². The third kappa shape index (κ3) is 2.54. The van der Waals surface area contributed by atoms with Gasteiger partial charge in [-0.05, 0) is 37.5 Å². The summed E-state index contributed by atoms with van der Waals surface area (Å²) >= 11 is 0. The molecule has 16 heavy (non-hydrogen) atoms. The van der Waals surface area contributed by atoms with E-state index in [9.17, 15) is 4.79 Å². The van der Waals surface area contributed by atoms with Crippen LogP contribution in [0.25, 0.3) is 0 Å². The van der Waals surface area contributed by atoms with Crippen LogP contribution in [-0.4, -0.2) is 13.1 Å². The normalized spacial score (nSPS) is 16.6. The third-order valence-corrected chi connectivity index (χ3v) is 2.77. The van der Waals surface area contributed by atoms with Crippen molar-refractivity contribution in [2.45, 2.75) is 25.9 Å². The molecule has 0 radical (unpaired) electrons. The predicted molar refractivity (Wildman–Crippen MR) is 60.2 cm³/mol. The Hall–Kier alpha value is -1.51. The van der Waals surface area contributed by atoms with Crippen LogP contribution in [0.1, 0.15) is 31.4 Å². The molecule has 3 nitrogen and oxygen atoms in total. The lowest BCUT2D eigenvalue weighted by Crippen LogP contribution is -2.10. The molecule has 0 aliphatic heterocycles. The minimum Gasteiger partial charge on any atom is -0.497 e. The molecule has 1 aliphatic rings. The van der Waals surface area contributed by atoms with Gasteiger partial charge in [-0.3, -0.25) is 4.79 Å². The van der Waals surface area contributed by atoms with Gasteiger partial charge in [0.2, 0.25) is 0 Å². The molecule has 1 saturated carbocycles. The summed E-state index contributed by atoms with van der Waals surface area (Å²) in [6, 6.07) is 7.60. The molecule has 0 saturated heterocycles. The number of carbonyl (C=O) groups excluding carboxylic acids is 1. The smallest absolute Gasteiger partial charge is 0.309 e. The molecule has 0 heterocycles. The van der Waals surface area contributed by atoms with Gasteiger partial charge in [0.1, 0.15) is 11.9 Å². The Morgan fingerprint density at radius 2 is 2.19 bits per heavy atom. The minimum absolute atomic E-state index is 0.0738. The van der Waals surface area contributed by atoms with Gasteiger partial charge in [-0.15, -0.1) is 0 Å². The second-order valence-electron chi connectivity index (χ2n) is 4.13. The third-order valence-electron chi connectivity index (χ3n) is 2.77. The number of ether oxygens (including phenoxy) is 2. The molecule has 1 atom stereocenters. The Kier molecular flexibility index (Phi) is 3.13. The highest BCUT2D eigenvalue weighted by atomic mass is 16.5. The van der Waals surface area contributed by atoms with Crippen molar-refractivity contribution in [3.8, 4) is 5.75 Å². The summed E-state index contributed by atoms with van der Waals surface area (Å²) < 4.78 is 10.5. The van der Waals surface area contributed by atoms with Crippen molar-refractivity contribution >= 4 is 5.97 Å². The lowest BCUT2D eigenvalue weighted by molar-refractivity contribution is -0.150. The van der Waals surface area contributed by atoms with Crippen LogP contribution in [0.15, 0.2) is 24.3 Å². The van der Waals surface area contributed by atoms with Crippen molar-refractivity contribution in [1.82, 2.24) is 0 Å². The van der Waals surface area contributed by atoms with Gasteiger partial charge in [0, 0.05) is 0 Å². The fourth-order valence-electron chi connectivity index (χ4n) is 1.55. The molecular weight excluding hydrogens is 204 g/mol. The van der Waals surface area contributed by atoms with Gasteiger partial charge in [0.05, 0.1) is 13.0 Å². The first-order valence-electron chi connectivity index (χ1n) is 5.55. The van der Waals surface area contributed by atoms with E-state index in [0.29, 0.717) is 0 Å². The number of rotatable bonds is 4. The maximum Gasteiger partial charge on any atom is 0.309 e. The molecule has 0 N–H and O–H groups in total. The fourth-order valence-corrected chi connectivity index (χ4v) is 1.55. The number of hydrogen-bond acceptors (Lipinski definition) is 3. The van der Waals surface area contributed by atoms with Crippen LogP contribution in [-0.2, 0) is 9.53 Å². The molecule has 1 aromatic carbocycles. The molecule has 1 aliphatic carbocycles. The summed E-state index contributed by atoms with van der Waals surface area (Å²) in [5.74, 6) is 0.857. The standard InChI is InChI=1S/C13H16O3/c1-9(16-13(14)10-6-7-10)11-4-3-5-12(8-11)15-2/h3-5,8-10H,6-7H2,1-2H3/t9-/m1/s1. The lowest BCUT2D eigenvalue weighted by Gasteiger charge is -2.14. The first kappa shape index (κ1) is 11.0. The second kappa shape index (κ2) is 4.56. The van der Waals surface area contributed by atoms with E-state index >= 15 is 0 Å². The summed E-state index contributed by atoms with van der Waals surface area (Å²) in [4.78, 5) is 11.5. The molecule has 2 rings (SSSR count). The van der Waals surface area contributed by atoms with Crippen molar-refractivity contribution in [2.75, 3.05) is 7.11 Å². The summed E-state index contributed by atoms with van der Waals surface area (Å²) in [7, 11) is 1.62. The highest BCUT2D eigenvalue weighted by Gasteiger charge is 2.32. The zero-order chi connectivity index (χ0) is 11.5. The van der Waals surface area contributed by atoms with E-state index in [1.807, 2.05) is 31.2 Å². The molecule has 1 fully saturated rings. The molecule has 0 amide bonds. The average molecular weight is 220 g/mol. The number of methoxy groups -OCH3 is 1. The summed E-state index contributed by atoms with van der Waals surface area (Å²) in [5.41, 5.74) is 0.966. The quantitative estimate of drug-likeness (QED) is 0.732. The second-order valence-corrected chi connectivity index (χ2v) is 4.13. The number of carbonyl (C=O) groups is 1. The Bertz CT molecular complexity index is 383. The van der Waals surface area contributed by atoms with Crippen molar-refractivity contribution in [2.24, 2.45) is 5.92 Å². The van der Waals surface area contributed by atoms with E-state index in [0.717, 1.165) is 24.2 Å². The molecule has 3 heteroatoms. The Labute approximate surface area is 95.4 Å². The van der Waals surface area contributed by atoms with Crippen LogP contribution in [0.4, 0.5) is 0 Å². The van der Waals surface area contributed by atoms with Crippen LogP contribution in [0, 0.1) is 5.92 Å². The van der Waals surface area contributed by atoms with Crippen LogP contribution in [0.3, 0.4) is 0 Å². The summed E-state index contributed by atoms with van der Waals surface area (Å²) in [6.07, 6.45) is 1.75. The molecule has 0 bridgehead atoms. The summed E-state index contributed by atoms with van der Waals surface area (Å²) in [6.45, 7) is 1.88. The van der Waals surface area contributed by atoms with Gasteiger partial charge in [-0.2, -0.15) is 0 Å². The minimum atomic E-state index is -0.205. The Balaban J connectivity index is 2.01. The topological polar surface area (TPSA) is 35.5 Å². The van der Waals surface area contributed by atoms with Crippen LogP contribution < -0.4 is 4.74 Å². The van der Waals surface area contributed by atoms with E-state index in [4.69, 9.17) is 9.47 Å². The maximum atomic E-state index is 11.5. The van der Waals surface area contributed by atoms with Gasteiger partial charge in [0.15, 0.2) is 0 Å². The Morgan fingerprint density at radius 1 is 1.44 bits per heavy atom. The van der Waals surface area contributed by atoms with Gasteiger partial charge in [-0.25, -0.2) is 0 Å². The van der Waals surface area contributed by atoms with Gasteiger partial charge >= 0.3 is 5.97 Å². The zero-order valence-corrected chi connectivity index (χ0v) is 9.60. The van der Waals surface area contributed by atoms with E-state index in [1.165, 1.54) is 0 Å². The van der Waals surface area contributed by atoms with Crippen molar-refractivity contribution < 1.29 is 14.3 Å². The fraction of sp³-hybridized carbons (Fsp3) is 0.462. The van der Waals surface area contributed by atoms with Crippen molar-refractivity contribution in [3.05, 3.63) is 29.8 Å². The Morgan fingerprint density at radius 3 is 2.81 bits per heavy atom. The summed E-state index contributed by atoms with van der Waals surface area (Å²) in [5, 5.41) is 0. The van der Waals surface area contributed by atoms with Gasteiger partial charge < -0.3 is 9.47 Å². The first-order valence-corrected chi connectivity index (χ1v) is 5.55. The van der Waals surface area contributed by atoms with Crippen LogP contribution in [0.5, 0.6) is 5.75 Å². The van der Waals surface area contributed by atoms with E-state index < -0.39 is 0 Å². The zero-order valence-electron chi connectivity index (χ0n) is 9.60. The van der Waals surface area contributed by atoms with E-state index in [-0.39, 0.29) is 18.0 Å². The van der Waals surface area contributed by atoms with Crippen LogP contribution >= 0.6 is 0 Å². The number of esters is 1. The largest absolute Gasteiger partial charge is 0.497 e. The maximum absolute atomic E-state index is 11.5. The SMILES string of the molecule is COc1cccc([C@@H](C)OC(=O)C2CC2)c1. The van der Waals surface area contributed by atoms with E-state index in [1.54, 1.807) is 7.11 Å².